The lowest BCUT2D eigenvalue weighted by Crippen LogP contribution is -2.14. The number of hydrogen-bond acceptors (Lipinski definition) is 3. The Bertz CT molecular complexity index is 694. The summed E-state index contributed by atoms with van der Waals surface area (Å²) < 4.78 is 12.8. The van der Waals surface area contributed by atoms with Crippen molar-refractivity contribution in [2.45, 2.75) is 6.92 Å². The molecule has 1 aromatic heterocycles. The van der Waals surface area contributed by atoms with Crippen LogP contribution in [0.5, 0.6) is 5.75 Å². The van der Waals surface area contributed by atoms with Gasteiger partial charge >= 0.3 is 5.97 Å². The topological polar surface area (TPSA) is 102 Å². The molecule has 4 N–H and O–H groups in total. The van der Waals surface area contributed by atoms with Gasteiger partial charge in [-0.2, -0.15) is 0 Å². The normalized spacial score (nSPS) is 10.3. The Kier molecular flexibility index (Phi) is 3.43. The highest BCUT2D eigenvalue weighted by molar-refractivity contribution is 6.09. The average molecular weight is 278 g/mol. The number of nitrogens with one attached hydrogen (secondary N) is 2. The van der Waals surface area contributed by atoms with E-state index < -0.39 is 23.4 Å². The van der Waals surface area contributed by atoms with Gasteiger partial charge in [0.05, 0.1) is 11.3 Å². The Hall–Kier alpha value is -2.83. The molecule has 0 aliphatic rings. The number of carbonyl (C=O) groups excluding carboxylic acids is 1. The number of amides is 1. The van der Waals surface area contributed by atoms with Crippen LogP contribution >= 0.6 is 0 Å². The maximum atomic E-state index is 12.8. The highest BCUT2D eigenvalue weighted by atomic mass is 19.1. The lowest BCUT2D eigenvalue weighted by atomic mass is 10.1. The lowest BCUT2D eigenvalue weighted by molar-refractivity contribution is 0.0697. The van der Waals surface area contributed by atoms with Crippen molar-refractivity contribution in [2.75, 3.05) is 5.32 Å². The molecule has 104 valence electrons. The monoisotopic (exact) mass is 278 g/mol. The largest absolute Gasteiger partial charge is 0.507 e. The van der Waals surface area contributed by atoms with Crippen LogP contribution in [-0.4, -0.2) is 27.1 Å². The summed E-state index contributed by atoms with van der Waals surface area (Å²) in [5.74, 6) is -3.12. The van der Waals surface area contributed by atoms with Gasteiger partial charge in [-0.25, -0.2) is 9.18 Å². The van der Waals surface area contributed by atoms with Crippen molar-refractivity contribution in [3.05, 3.63) is 47.0 Å². The molecule has 0 unspecified atom stereocenters. The van der Waals surface area contributed by atoms with Crippen molar-refractivity contribution in [1.29, 1.82) is 0 Å². The molecule has 1 amide bonds. The molecule has 0 aliphatic heterocycles. The first-order valence-corrected chi connectivity index (χ1v) is 5.61. The minimum Gasteiger partial charge on any atom is -0.507 e. The van der Waals surface area contributed by atoms with Gasteiger partial charge in [0.1, 0.15) is 17.1 Å². The van der Waals surface area contributed by atoms with E-state index in [2.05, 4.69) is 10.3 Å². The second kappa shape index (κ2) is 5.04. The van der Waals surface area contributed by atoms with E-state index in [-0.39, 0.29) is 16.8 Å². The summed E-state index contributed by atoms with van der Waals surface area (Å²) in [4.78, 5) is 25.7. The molecule has 0 radical (unpaired) electrons. The van der Waals surface area contributed by atoms with Crippen LogP contribution < -0.4 is 5.32 Å². The summed E-state index contributed by atoms with van der Waals surface area (Å²) in [6.45, 7) is 1.55. The number of phenolic OH excluding ortho intramolecular Hbond substituents is 1. The number of H-pyrrole nitrogens is 1. The molecule has 2 aromatic rings. The number of phenols is 1. The van der Waals surface area contributed by atoms with Gasteiger partial charge in [0.15, 0.2) is 0 Å². The van der Waals surface area contributed by atoms with Crippen molar-refractivity contribution in [2.24, 2.45) is 0 Å². The van der Waals surface area contributed by atoms with Gasteiger partial charge in [0.25, 0.3) is 5.91 Å². The standard InChI is InChI=1S/C13H11FN2O4/c1-6-11(13(19)20)9(5-15-6)16-12(18)8-3-2-7(14)4-10(8)17/h2-5,15,17H,1H3,(H,16,18)(H,19,20). The molecule has 0 aliphatic carbocycles. The maximum Gasteiger partial charge on any atom is 0.339 e. The van der Waals surface area contributed by atoms with E-state index in [1.54, 1.807) is 6.92 Å². The predicted molar refractivity (Wildman–Crippen MR) is 68.5 cm³/mol. The van der Waals surface area contributed by atoms with Crippen LogP contribution in [0.3, 0.4) is 0 Å². The minimum absolute atomic E-state index is 0.0695. The van der Waals surface area contributed by atoms with Crippen molar-refractivity contribution in [3.8, 4) is 5.75 Å². The second-order valence-corrected chi connectivity index (χ2v) is 4.12. The number of carboxylic acids is 1. The quantitative estimate of drug-likeness (QED) is 0.690. The third kappa shape index (κ3) is 2.46. The SMILES string of the molecule is Cc1[nH]cc(NC(=O)c2ccc(F)cc2O)c1C(=O)O. The van der Waals surface area contributed by atoms with E-state index in [4.69, 9.17) is 5.11 Å². The summed E-state index contributed by atoms with van der Waals surface area (Å²) in [6, 6.07) is 2.93. The summed E-state index contributed by atoms with van der Waals surface area (Å²) in [5, 5.41) is 20.9. The fourth-order valence-corrected chi connectivity index (χ4v) is 1.79. The molecule has 0 atom stereocenters. The summed E-state index contributed by atoms with van der Waals surface area (Å²) in [7, 11) is 0. The summed E-state index contributed by atoms with van der Waals surface area (Å²) >= 11 is 0. The van der Waals surface area contributed by atoms with Crippen LogP contribution in [0.2, 0.25) is 0 Å². The van der Waals surface area contributed by atoms with Gasteiger partial charge in [-0.3, -0.25) is 4.79 Å². The Labute approximate surface area is 112 Å². The number of carbonyl (C=O) groups is 2. The first kappa shape index (κ1) is 13.6. The lowest BCUT2D eigenvalue weighted by Gasteiger charge is -2.06. The van der Waals surface area contributed by atoms with E-state index in [1.807, 2.05) is 0 Å². The number of aromatic carboxylic acids is 1. The molecule has 0 saturated carbocycles. The van der Waals surface area contributed by atoms with Crippen LogP contribution in [0, 0.1) is 12.7 Å². The Morgan fingerprint density at radius 3 is 2.65 bits per heavy atom. The molecule has 0 fully saturated rings. The number of aryl methyl sites for hydroxylation is 1. The molecular weight excluding hydrogens is 267 g/mol. The Balaban J connectivity index is 2.31. The fraction of sp³-hybridized carbons (Fsp3) is 0.0769. The van der Waals surface area contributed by atoms with Gasteiger partial charge in [-0.15, -0.1) is 0 Å². The van der Waals surface area contributed by atoms with Gasteiger partial charge in [0, 0.05) is 18.0 Å². The second-order valence-electron chi connectivity index (χ2n) is 4.12. The number of aromatic nitrogens is 1. The Morgan fingerprint density at radius 2 is 2.05 bits per heavy atom. The van der Waals surface area contributed by atoms with Gasteiger partial charge < -0.3 is 20.5 Å². The third-order valence-corrected chi connectivity index (χ3v) is 2.74. The first-order valence-electron chi connectivity index (χ1n) is 5.61. The van der Waals surface area contributed by atoms with Crippen LogP contribution in [-0.2, 0) is 0 Å². The van der Waals surface area contributed by atoms with Crippen molar-refractivity contribution in [1.82, 2.24) is 4.98 Å². The molecular formula is C13H11FN2O4. The number of aromatic amines is 1. The number of hydrogen-bond donors (Lipinski definition) is 4. The molecule has 0 bridgehead atoms. The highest BCUT2D eigenvalue weighted by Crippen LogP contribution is 2.23. The molecule has 6 nitrogen and oxygen atoms in total. The minimum atomic E-state index is -1.19. The molecule has 1 heterocycles. The van der Waals surface area contributed by atoms with E-state index >= 15 is 0 Å². The highest BCUT2D eigenvalue weighted by Gasteiger charge is 2.19. The van der Waals surface area contributed by atoms with E-state index in [1.165, 1.54) is 6.20 Å². The van der Waals surface area contributed by atoms with E-state index in [9.17, 15) is 19.1 Å². The number of anilines is 1. The van der Waals surface area contributed by atoms with Crippen LogP contribution in [0.4, 0.5) is 10.1 Å². The van der Waals surface area contributed by atoms with Crippen molar-refractivity contribution >= 4 is 17.6 Å². The number of aromatic hydroxyl groups is 1. The van der Waals surface area contributed by atoms with Crippen molar-refractivity contribution < 1.29 is 24.2 Å². The zero-order chi connectivity index (χ0) is 14.9. The number of carboxylic acid groups (broad SMARTS) is 1. The number of rotatable bonds is 3. The first-order chi connectivity index (χ1) is 9.40. The zero-order valence-electron chi connectivity index (χ0n) is 10.4. The molecule has 2 rings (SSSR count). The van der Waals surface area contributed by atoms with Gasteiger partial charge in [-0.1, -0.05) is 0 Å². The fourth-order valence-electron chi connectivity index (χ4n) is 1.79. The van der Waals surface area contributed by atoms with Crippen LogP contribution in [0.1, 0.15) is 26.4 Å². The summed E-state index contributed by atoms with van der Waals surface area (Å²) in [5.41, 5.74) is 0.237. The molecule has 7 heteroatoms. The van der Waals surface area contributed by atoms with Gasteiger partial charge in [-0.05, 0) is 19.1 Å². The van der Waals surface area contributed by atoms with Gasteiger partial charge in [0.2, 0.25) is 0 Å². The van der Waals surface area contributed by atoms with Crippen molar-refractivity contribution in [3.63, 3.8) is 0 Å². The number of halogens is 1. The van der Waals surface area contributed by atoms with Crippen LogP contribution in [0.25, 0.3) is 0 Å². The van der Waals surface area contributed by atoms with Crippen LogP contribution in [0.15, 0.2) is 24.4 Å². The van der Waals surface area contributed by atoms with E-state index in [0.29, 0.717) is 5.69 Å². The smallest absolute Gasteiger partial charge is 0.339 e. The third-order valence-electron chi connectivity index (χ3n) is 2.74. The average Bonchev–Trinajstić information content (AvgIpc) is 2.70. The molecule has 0 saturated heterocycles. The molecule has 1 aromatic carbocycles. The maximum absolute atomic E-state index is 12.8. The number of benzene rings is 1. The van der Waals surface area contributed by atoms with E-state index in [0.717, 1.165) is 18.2 Å². The molecule has 20 heavy (non-hydrogen) atoms. The summed E-state index contributed by atoms with van der Waals surface area (Å²) in [6.07, 6.45) is 1.33. The molecule has 0 spiro atoms. The zero-order valence-corrected chi connectivity index (χ0v) is 10.4. The Morgan fingerprint density at radius 1 is 1.35 bits per heavy atom. The predicted octanol–water partition coefficient (Wildman–Crippen LogP) is 2.12.